The fourth-order valence-corrected chi connectivity index (χ4v) is 3.01. The number of benzene rings is 2. The average molecular weight is 361 g/mol. The lowest BCUT2D eigenvalue weighted by atomic mass is 10.1. The van der Waals surface area contributed by atoms with Gasteiger partial charge in [0.2, 0.25) is 5.82 Å². The van der Waals surface area contributed by atoms with Crippen molar-refractivity contribution >= 4 is 16.9 Å². The molecule has 2 aromatic carbocycles. The molecule has 0 unspecified atom stereocenters. The van der Waals surface area contributed by atoms with Gasteiger partial charge in [0, 0.05) is 29.2 Å². The number of hydrogen-bond donors (Lipinski definition) is 0. The van der Waals surface area contributed by atoms with Gasteiger partial charge >= 0.3 is 5.97 Å². The Morgan fingerprint density at radius 3 is 2.70 bits per heavy atom. The molecule has 4 aromatic rings. The van der Waals surface area contributed by atoms with Crippen molar-refractivity contribution in [3.05, 3.63) is 71.7 Å². The molecule has 136 valence electrons. The maximum Gasteiger partial charge on any atom is 0.340 e. The third kappa shape index (κ3) is 3.33. The lowest BCUT2D eigenvalue weighted by Crippen LogP contribution is -2.05. The Morgan fingerprint density at radius 1 is 1.15 bits per heavy atom. The van der Waals surface area contributed by atoms with E-state index in [1.807, 2.05) is 73.1 Å². The van der Waals surface area contributed by atoms with E-state index in [1.165, 1.54) is 0 Å². The van der Waals surface area contributed by atoms with Crippen molar-refractivity contribution in [2.24, 2.45) is 0 Å². The van der Waals surface area contributed by atoms with E-state index in [-0.39, 0.29) is 12.5 Å². The normalized spacial score (nSPS) is 11.0. The van der Waals surface area contributed by atoms with E-state index in [9.17, 15) is 4.79 Å². The lowest BCUT2D eigenvalue weighted by Gasteiger charge is -2.00. The Kier molecular flexibility index (Phi) is 4.46. The second-order valence-electron chi connectivity index (χ2n) is 6.30. The van der Waals surface area contributed by atoms with Gasteiger partial charge in [0.15, 0.2) is 6.61 Å². The van der Waals surface area contributed by atoms with Gasteiger partial charge in [-0.25, -0.2) is 4.79 Å². The molecule has 0 amide bonds. The van der Waals surface area contributed by atoms with E-state index < -0.39 is 5.97 Å². The largest absolute Gasteiger partial charge is 0.452 e. The van der Waals surface area contributed by atoms with Crippen molar-refractivity contribution in [1.29, 1.82) is 0 Å². The predicted octanol–water partition coefficient (Wildman–Crippen LogP) is 4.38. The van der Waals surface area contributed by atoms with Gasteiger partial charge in [0.25, 0.3) is 5.89 Å². The van der Waals surface area contributed by atoms with Gasteiger partial charge in [-0.3, -0.25) is 0 Å². The summed E-state index contributed by atoms with van der Waals surface area (Å²) in [6, 6.07) is 15.6. The monoisotopic (exact) mass is 361 g/mol. The minimum absolute atomic E-state index is 0.0661. The van der Waals surface area contributed by atoms with Crippen LogP contribution >= 0.6 is 0 Å². The summed E-state index contributed by atoms with van der Waals surface area (Å²) >= 11 is 0. The lowest BCUT2D eigenvalue weighted by molar-refractivity contribution is 0.0432. The molecule has 4 rings (SSSR count). The van der Waals surface area contributed by atoms with Crippen molar-refractivity contribution in [1.82, 2.24) is 14.7 Å². The molecule has 0 N–H and O–H groups in total. The third-order valence-electron chi connectivity index (χ3n) is 4.45. The van der Waals surface area contributed by atoms with Crippen molar-refractivity contribution in [3.8, 4) is 11.4 Å². The Balaban J connectivity index is 1.50. The van der Waals surface area contributed by atoms with E-state index in [1.54, 1.807) is 0 Å². The summed E-state index contributed by atoms with van der Waals surface area (Å²) in [7, 11) is 0. The highest BCUT2D eigenvalue weighted by atomic mass is 16.6. The van der Waals surface area contributed by atoms with Crippen LogP contribution in [0.25, 0.3) is 22.3 Å². The molecular weight excluding hydrogens is 342 g/mol. The van der Waals surface area contributed by atoms with Crippen molar-refractivity contribution < 1.29 is 14.1 Å². The summed E-state index contributed by atoms with van der Waals surface area (Å²) in [5, 5.41) is 4.82. The number of aryl methyl sites for hydroxylation is 2. The fraction of sp³-hybridized carbons (Fsp3) is 0.190. The molecule has 2 aromatic heterocycles. The first-order valence-corrected chi connectivity index (χ1v) is 8.80. The Bertz CT molecular complexity index is 1090. The Morgan fingerprint density at radius 2 is 1.93 bits per heavy atom. The molecule has 0 aliphatic carbocycles. The maximum atomic E-state index is 12.6. The summed E-state index contributed by atoms with van der Waals surface area (Å²) < 4.78 is 12.6. The molecule has 0 saturated heterocycles. The quantitative estimate of drug-likeness (QED) is 0.494. The van der Waals surface area contributed by atoms with Gasteiger partial charge < -0.3 is 13.8 Å². The smallest absolute Gasteiger partial charge is 0.340 e. The second-order valence-corrected chi connectivity index (χ2v) is 6.30. The Hall–Kier alpha value is -3.41. The predicted molar refractivity (Wildman–Crippen MR) is 101 cm³/mol. The molecule has 6 heteroatoms. The van der Waals surface area contributed by atoms with Crippen LogP contribution in [0, 0.1) is 6.92 Å². The van der Waals surface area contributed by atoms with Crippen LogP contribution in [0.4, 0.5) is 0 Å². The SMILES string of the molecule is CCn1cc(C(=O)OCc2nc(-c3ccc(C)cc3)no2)c2ccccc21. The van der Waals surface area contributed by atoms with Crippen molar-refractivity contribution in [2.45, 2.75) is 27.0 Å². The summed E-state index contributed by atoms with van der Waals surface area (Å²) in [6.45, 7) is 4.76. The highest BCUT2D eigenvalue weighted by molar-refractivity contribution is 6.04. The van der Waals surface area contributed by atoms with Crippen molar-refractivity contribution in [2.75, 3.05) is 0 Å². The number of nitrogens with zero attached hydrogens (tertiary/aromatic N) is 3. The molecular formula is C21H19N3O3. The van der Waals surface area contributed by atoms with E-state index in [2.05, 4.69) is 10.1 Å². The first-order chi connectivity index (χ1) is 13.2. The standard InChI is InChI=1S/C21H19N3O3/c1-3-24-12-17(16-6-4-5-7-18(16)24)21(25)26-13-19-22-20(23-27-19)15-10-8-14(2)9-11-15/h4-12H,3,13H2,1-2H3. The third-order valence-corrected chi connectivity index (χ3v) is 4.45. The van der Waals surface area contributed by atoms with E-state index in [0.29, 0.717) is 11.4 Å². The molecule has 0 bridgehead atoms. The summed E-state index contributed by atoms with van der Waals surface area (Å²) in [5.41, 5.74) is 3.55. The summed E-state index contributed by atoms with van der Waals surface area (Å²) in [6.07, 6.45) is 1.82. The minimum atomic E-state index is -0.409. The highest BCUT2D eigenvalue weighted by Gasteiger charge is 2.17. The van der Waals surface area contributed by atoms with Crippen LogP contribution < -0.4 is 0 Å². The first-order valence-electron chi connectivity index (χ1n) is 8.80. The number of hydrogen-bond acceptors (Lipinski definition) is 5. The molecule has 2 heterocycles. The zero-order chi connectivity index (χ0) is 18.8. The zero-order valence-electron chi connectivity index (χ0n) is 15.2. The Labute approximate surface area is 156 Å². The highest BCUT2D eigenvalue weighted by Crippen LogP contribution is 2.23. The maximum absolute atomic E-state index is 12.6. The molecule has 6 nitrogen and oxygen atoms in total. The van der Waals surface area contributed by atoms with Gasteiger partial charge in [0.05, 0.1) is 5.56 Å². The molecule has 27 heavy (non-hydrogen) atoms. The summed E-state index contributed by atoms with van der Waals surface area (Å²) in [5.74, 6) is 0.329. The van der Waals surface area contributed by atoms with Crippen LogP contribution in [0.3, 0.4) is 0 Å². The van der Waals surface area contributed by atoms with Gasteiger partial charge in [-0.2, -0.15) is 4.98 Å². The van der Waals surface area contributed by atoms with Crippen LogP contribution in [0.5, 0.6) is 0 Å². The van der Waals surface area contributed by atoms with Gasteiger partial charge in [0.1, 0.15) is 0 Å². The first kappa shape index (κ1) is 17.0. The molecule has 0 fully saturated rings. The van der Waals surface area contributed by atoms with E-state index in [4.69, 9.17) is 9.26 Å². The van der Waals surface area contributed by atoms with Crippen LogP contribution in [-0.2, 0) is 17.9 Å². The molecule has 0 aliphatic heterocycles. The number of carbonyl (C=O) groups is 1. The van der Waals surface area contributed by atoms with Gasteiger partial charge in [-0.1, -0.05) is 53.2 Å². The zero-order valence-corrected chi connectivity index (χ0v) is 15.2. The summed E-state index contributed by atoms with van der Waals surface area (Å²) in [4.78, 5) is 16.8. The number of aromatic nitrogens is 3. The molecule has 0 aliphatic rings. The number of carbonyl (C=O) groups excluding carboxylic acids is 1. The molecule has 0 atom stereocenters. The van der Waals surface area contributed by atoms with Gasteiger partial charge in [-0.05, 0) is 19.9 Å². The number of fused-ring (bicyclic) bond motifs is 1. The minimum Gasteiger partial charge on any atom is -0.452 e. The molecule has 0 saturated carbocycles. The number of rotatable bonds is 5. The molecule has 0 radical (unpaired) electrons. The van der Waals surface area contributed by atoms with Gasteiger partial charge in [-0.15, -0.1) is 0 Å². The number of esters is 1. The van der Waals surface area contributed by atoms with E-state index >= 15 is 0 Å². The van der Waals surface area contributed by atoms with Crippen LogP contribution in [0.1, 0.15) is 28.7 Å². The number of ether oxygens (including phenoxy) is 1. The topological polar surface area (TPSA) is 70.2 Å². The van der Waals surface area contributed by atoms with Crippen molar-refractivity contribution in [3.63, 3.8) is 0 Å². The average Bonchev–Trinajstić information content (AvgIpc) is 3.31. The van der Waals surface area contributed by atoms with Crippen LogP contribution in [0.15, 0.2) is 59.3 Å². The molecule has 0 spiro atoms. The van der Waals surface area contributed by atoms with Crippen LogP contribution in [-0.4, -0.2) is 20.7 Å². The second kappa shape index (κ2) is 7.07. The van der Waals surface area contributed by atoms with Crippen LogP contribution in [0.2, 0.25) is 0 Å². The van der Waals surface area contributed by atoms with E-state index in [0.717, 1.165) is 28.6 Å². The fourth-order valence-electron chi connectivity index (χ4n) is 3.01. The number of para-hydroxylation sites is 1.